The summed E-state index contributed by atoms with van der Waals surface area (Å²) in [7, 11) is 1.38. The van der Waals surface area contributed by atoms with Crippen molar-refractivity contribution in [1.29, 1.82) is 0 Å². The van der Waals surface area contributed by atoms with Crippen molar-refractivity contribution in [2.45, 2.75) is 50.6 Å². The fraction of sp³-hybridized carbons (Fsp3) is 0.314. The minimum atomic E-state index is -0.382. The van der Waals surface area contributed by atoms with Gasteiger partial charge in [0.25, 0.3) is 5.91 Å². The maximum absolute atomic E-state index is 13.7. The molecule has 2 heterocycles. The van der Waals surface area contributed by atoms with E-state index in [0.29, 0.717) is 43.1 Å². The monoisotopic (exact) mass is 574 g/mol. The van der Waals surface area contributed by atoms with E-state index in [2.05, 4.69) is 33.7 Å². The van der Waals surface area contributed by atoms with Crippen LogP contribution in [0.25, 0.3) is 11.1 Å². The first kappa shape index (κ1) is 27.1. The summed E-state index contributed by atoms with van der Waals surface area (Å²) in [6, 6.07) is 21.8. The Kier molecular flexibility index (Phi) is 7.05. The van der Waals surface area contributed by atoms with Gasteiger partial charge in [0.2, 0.25) is 5.91 Å². The van der Waals surface area contributed by atoms with E-state index >= 15 is 0 Å². The van der Waals surface area contributed by atoms with Gasteiger partial charge in [-0.25, -0.2) is 4.79 Å². The van der Waals surface area contributed by atoms with Gasteiger partial charge < -0.3 is 15.0 Å². The normalized spacial score (nSPS) is 19.0. The van der Waals surface area contributed by atoms with Crippen molar-refractivity contribution in [3.63, 3.8) is 0 Å². The molecule has 2 amide bonds. The Morgan fingerprint density at radius 2 is 1.86 bits per heavy atom. The van der Waals surface area contributed by atoms with Gasteiger partial charge in [0.05, 0.1) is 30.1 Å². The molecule has 7 rings (SSSR count). The molecule has 0 radical (unpaired) electrons. The molecule has 8 heteroatoms. The number of nitrogens with one attached hydrogen (secondary N) is 2. The number of esters is 1. The van der Waals surface area contributed by atoms with Gasteiger partial charge in [-0.3, -0.25) is 14.7 Å². The summed E-state index contributed by atoms with van der Waals surface area (Å²) in [5.74, 6) is 0.307. The summed E-state index contributed by atoms with van der Waals surface area (Å²) < 4.78 is 4.95. The highest BCUT2D eigenvalue weighted by atomic mass is 16.5. The van der Waals surface area contributed by atoms with Crippen LogP contribution in [0.15, 0.2) is 72.9 Å². The van der Waals surface area contributed by atoms with Crippen LogP contribution in [0.2, 0.25) is 0 Å². The smallest absolute Gasteiger partial charge is 0.337 e. The molecular weight excluding hydrogens is 540 g/mol. The lowest BCUT2D eigenvalue weighted by atomic mass is 9.87. The Morgan fingerprint density at radius 1 is 1.02 bits per heavy atom. The summed E-state index contributed by atoms with van der Waals surface area (Å²) in [4.78, 5) is 41.0. The molecule has 2 fully saturated rings. The zero-order valence-corrected chi connectivity index (χ0v) is 24.1. The number of carbonyl (C=O) groups excluding carboxylic acids is 3. The summed E-state index contributed by atoms with van der Waals surface area (Å²) in [5.41, 5.74) is 8.42. The Balaban J connectivity index is 1.17. The van der Waals surface area contributed by atoms with E-state index in [1.807, 2.05) is 47.4 Å². The van der Waals surface area contributed by atoms with Crippen molar-refractivity contribution >= 4 is 17.8 Å². The Hall–Kier alpha value is -4.72. The summed E-state index contributed by atoms with van der Waals surface area (Å²) in [6.07, 6.45) is 5.33. The predicted octanol–water partition coefficient (Wildman–Crippen LogP) is 5.36. The number of nitrogens with zero attached hydrogens (tertiary/aromatic N) is 2. The summed E-state index contributed by atoms with van der Waals surface area (Å²) >= 11 is 0. The van der Waals surface area contributed by atoms with Crippen molar-refractivity contribution < 1.29 is 19.1 Å². The zero-order chi connectivity index (χ0) is 29.5. The molecule has 2 atom stereocenters. The summed E-state index contributed by atoms with van der Waals surface area (Å²) in [6.45, 7) is 1.40. The first-order valence-electron chi connectivity index (χ1n) is 15.0. The maximum Gasteiger partial charge on any atom is 0.337 e. The Labute approximate surface area is 250 Å². The molecule has 1 aromatic heterocycles. The molecule has 1 aliphatic heterocycles. The number of aromatic nitrogens is 2. The van der Waals surface area contributed by atoms with Crippen LogP contribution < -0.4 is 5.32 Å². The molecule has 0 spiro atoms. The molecule has 4 aromatic rings. The van der Waals surface area contributed by atoms with Gasteiger partial charge in [-0.2, -0.15) is 5.10 Å². The number of hydrogen-bond acceptors (Lipinski definition) is 5. The topological polar surface area (TPSA) is 104 Å². The number of benzene rings is 3. The van der Waals surface area contributed by atoms with E-state index in [0.717, 1.165) is 52.8 Å². The van der Waals surface area contributed by atoms with Crippen LogP contribution in [0.3, 0.4) is 0 Å². The Morgan fingerprint density at radius 3 is 2.65 bits per heavy atom. The van der Waals surface area contributed by atoms with Crippen LogP contribution in [0.4, 0.5) is 0 Å². The largest absolute Gasteiger partial charge is 0.465 e. The second-order valence-corrected chi connectivity index (χ2v) is 11.8. The Bertz CT molecular complexity index is 1710. The van der Waals surface area contributed by atoms with Gasteiger partial charge in [0.1, 0.15) is 0 Å². The van der Waals surface area contributed by atoms with Crippen LogP contribution in [-0.4, -0.2) is 46.5 Å². The average molecular weight is 575 g/mol. The molecule has 0 unspecified atom stereocenters. The predicted molar refractivity (Wildman–Crippen MR) is 161 cm³/mol. The second-order valence-electron chi connectivity index (χ2n) is 11.8. The number of aromatic amines is 1. The standard InChI is InChI=1S/C35H34N4O4/c1-43-35(42)24-9-5-8-23(16-24)26-13-12-25(18-36-33(40)29-17-28(29)21-6-3-2-4-7-21)31-20-39(15-14-27(26)31)34(41)30-19-37-38-32(30)22-10-11-22/h2-9,12-13,16,19,22,28-29H,10-11,14-15,17-18,20H2,1H3,(H,36,40)(H,37,38)/t28-,29-/m0/s1. The van der Waals surface area contributed by atoms with E-state index < -0.39 is 0 Å². The van der Waals surface area contributed by atoms with E-state index in [1.165, 1.54) is 12.7 Å². The van der Waals surface area contributed by atoms with E-state index in [1.54, 1.807) is 12.3 Å². The van der Waals surface area contributed by atoms with Gasteiger partial charge in [-0.1, -0.05) is 54.6 Å². The first-order chi connectivity index (χ1) is 21.0. The fourth-order valence-corrected chi connectivity index (χ4v) is 6.47. The average Bonchev–Trinajstić information content (AvgIpc) is 4.00. The third kappa shape index (κ3) is 5.33. The van der Waals surface area contributed by atoms with Gasteiger partial charge >= 0.3 is 5.97 Å². The van der Waals surface area contributed by atoms with Crippen LogP contribution in [0.5, 0.6) is 0 Å². The molecule has 2 saturated carbocycles. The van der Waals surface area contributed by atoms with Gasteiger partial charge in [0, 0.05) is 31.5 Å². The third-order valence-electron chi connectivity index (χ3n) is 9.08. The summed E-state index contributed by atoms with van der Waals surface area (Å²) in [5, 5.41) is 10.4. The van der Waals surface area contributed by atoms with Crippen molar-refractivity contribution in [3.05, 3.63) is 112 Å². The van der Waals surface area contributed by atoms with Crippen molar-refractivity contribution in [2.75, 3.05) is 13.7 Å². The highest BCUT2D eigenvalue weighted by Gasteiger charge is 2.43. The molecule has 43 heavy (non-hydrogen) atoms. The number of amides is 2. The van der Waals surface area contributed by atoms with Crippen LogP contribution in [0.1, 0.15) is 79.8 Å². The van der Waals surface area contributed by atoms with Crippen molar-refractivity contribution in [3.8, 4) is 11.1 Å². The van der Waals surface area contributed by atoms with Crippen molar-refractivity contribution in [2.24, 2.45) is 5.92 Å². The number of ether oxygens (including phenoxy) is 1. The number of carbonyl (C=O) groups is 3. The van der Waals surface area contributed by atoms with Crippen LogP contribution in [0, 0.1) is 5.92 Å². The lowest BCUT2D eigenvalue weighted by Gasteiger charge is -2.32. The van der Waals surface area contributed by atoms with E-state index in [4.69, 9.17) is 4.74 Å². The quantitative estimate of drug-likeness (QED) is 0.276. The first-order valence-corrected chi connectivity index (χ1v) is 15.0. The number of H-pyrrole nitrogens is 1. The van der Waals surface area contributed by atoms with Gasteiger partial charge in [-0.05, 0) is 77.1 Å². The minimum Gasteiger partial charge on any atom is -0.465 e. The van der Waals surface area contributed by atoms with E-state index in [9.17, 15) is 14.4 Å². The number of fused-ring (bicyclic) bond motifs is 1. The number of methoxy groups -OCH3 is 1. The molecular formula is C35H34N4O4. The zero-order valence-electron chi connectivity index (χ0n) is 24.1. The van der Waals surface area contributed by atoms with Gasteiger partial charge in [0.15, 0.2) is 0 Å². The molecule has 0 saturated heterocycles. The molecule has 0 bridgehead atoms. The SMILES string of the molecule is COC(=O)c1cccc(-c2ccc(CNC(=O)[C@H]3C[C@H]3c3ccccc3)c3c2CCN(C(=O)c2cn[nH]c2C2CC2)C3)c1. The molecule has 2 N–H and O–H groups in total. The minimum absolute atomic E-state index is 0.0152. The molecule has 2 aliphatic carbocycles. The maximum atomic E-state index is 13.7. The lowest BCUT2D eigenvalue weighted by molar-refractivity contribution is -0.122. The molecule has 8 nitrogen and oxygen atoms in total. The highest BCUT2D eigenvalue weighted by molar-refractivity contribution is 5.96. The molecule has 218 valence electrons. The van der Waals surface area contributed by atoms with Gasteiger partial charge in [-0.15, -0.1) is 0 Å². The second kappa shape index (κ2) is 11.2. The number of hydrogen-bond donors (Lipinski definition) is 2. The third-order valence-corrected chi connectivity index (χ3v) is 9.08. The van der Waals surface area contributed by atoms with Crippen molar-refractivity contribution in [1.82, 2.24) is 20.4 Å². The highest BCUT2D eigenvalue weighted by Crippen LogP contribution is 2.47. The van der Waals surface area contributed by atoms with E-state index in [-0.39, 0.29) is 29.6 Å². The fourth-order valence-electron chi connectivity index (χ4n) is 6.47. The molecule has 3 aromatic carbocycles. The lowest BCUT2D eigenvalue weighted by Crippen LogP contribution is -2.37. The number of rotatable bonds is 8. The van der Waals surface area contributed by atoms with Crippen LogP contribution >= 0.6 is 0 Å². The molecule has 3 aliphatic rings. The van der Waals surface area contributed by atoms with Crippen LogP contribution in [-0.2, 0) is 29.0 Å².